The summed E-state index contributed by atoms with van der Waals surface area (Å²) in [7, 11) is 4.67. The quantitative estimate of drug-likeness (QED) is 0.625. The number of benzene rings is 2. The molecule has 9 nitrogen and oxygen atoms in total. The summed E-state index contributed by atoms with van der Waals surface area (Å²) in [6.45, 7) is 0.350. The first kappa shape index (κ1) is 24.9. The average Bonchev–Trinajstić information content (AvgIpc) is 3.24. The number of likely N-dealkylation sites (N-methyl/N-ethyl adjacent to an activating group) is 1. The summed E-state index contributed by atoms with van der Waals surface area (Å²) in [4.78, 5) is 27.8. The van der Waals surface area contributed by atoms with Crippen molar-refractivity contribution in [1.82, 2.24) is 20.7 Å². The van der Waals surface area contributed by atoms with Crippen molar-refractivity contribution in [3.63, 3.8) is 0 Å². The van der Waals surface area contributed by atoms with Gasteiger partial charge in [0, 0.05) is 25.4 Å². The third-order valence-electron chi connectivity index (χ3n) is 5.68. The number of carbonyl (C=O) groups is 2. The van der Waals surface area contributed by atoms with Crippen LogP contribution in [0.2, 0.25) is 0 Å². The third-order valence-corrected chi connectivity index (χ3v) is 5.68. The maximum atomic E-state index is 13.3. The summed E-state index contributed by atoms with van der Waals surface area (Å²) in [6.07, 6.45) is -1.92. The molecule has 12 heteroatoms. The summed E-state index contributed by atoms with van der Waals surface area (Å²) >= 11 is 0. The molecule has 0 aliphatic carbocycles. The number of hydrogen-bond donors (Lipinski definition) is 2. The minimum absolute atomic E-state index is 0.287. The fraction of sp³-hybridized carbons (Fsp3) is 0.250. The van der Waals surface area contributed by atoms with E-state index in [1.54, 1.807) is 30.3 Å². The molecule has 2 aromatic carbocycles. The van der Waals surface area contributed by atoms with Crippen LogP contribution < -0.4 is 25.0 Å². The number of carbonyl (C=O) groups excluding carboxylic acids is 2. The van der Waals surface area contributed by atoms with Crippen LogP contribution in [0, 0.1) is 0 Å². The molecule has 2 aliphatic heterocycles. The Bertz CT molecular complexity index is 1240. The van der Waals surface area contributed by atoms with E-state index < -0.39 is 24.1 Å². The van der Waals surface area contributed by atoms with Gasteiger partial charge in [-0.3, -0.25) is 9.59 Å². The molecule has 0 aromatic heterocycles. The van der Waals surface area contributed by atoms with Crippen LogP contribution in [-0.2, 0) is 0 Å². The second-order valence-electron chi connectivity index (χ2n) is 7.83. The first-order valence-electron chi connectivity index (χ1n) is 10.7. The van der Waals surface area contributed by atoms with Crippen molar-refractivity contribution in [2.45, 2.75) is 12.4 Å². The van der Waals surface area contributed by atoms with E-state index in [9.17, 15) is 22.8 Å². The third kappa shape index (κ3) is 4.93. The molecule has 2 N–H and O–H groups in total. The molecule has 1 saturated heterocycles. The van der Waals surface area contributed by atoms with Crippen LogP contribution in [0.15, 0.2) is 66.1 Å². The second-order valence-corrected chi connectivity index (χ2v) is 7.83. The van der Waals surface area contributed by atoms with E-state index in [2.05, 4.69) is 15.5 Å². The van der Waals surface area contributed by atoms with Crippen LogP contribution in [0.3, 0.4) is 0 Å². The first-order chi connectivity index (χ1) is 17.1. The number of ether oxygens (including phenoxy) is 3. The Hall–Kier alpha value is -4.19. The number of rotatable bonds is 6. The van der Waals surface area contributed by atoms with Gasteiger partial charge in [-0.15, -0.1) is 13.2 Å². The smallest absolute Gasteiger partial charge is 0.493 e. The van der Waals surface area contributed by atoms with Crippen LogP contribution in [0.25, 0.3) is 0 Å². The van der Waals surface area contributed by atoms with Crippen molar-refractivity contribution in [2.24, 2.45) is 0 Å². The number of fused-ring (bicyclic) bond motifs is 1. The monoisotopic (exact) mass is 504 g/mol. The van der Waals surface area contributed by atoms with E-state index >= 15 is 0 Å². The maximum absolute atomic E-state index is 13.3. The molecule has 0 saturated carbocycles. The predicted molar refractivity (Wildman–Crippen MR) is 122 cm³/mol. The van der Waals surface area contributed by atoms with Gasteiger partial charge in [0.25, 0.3) is 11.8 Å². The summed E-state index contributed by atoms with van der Waals surface area (Å²) in [5, 5.41) is 4.30. The molecule has 1 fully saturated rings. The van der Waals surface area contributed by atoms with Gasteiger partial charge >= 0.3 is 6.36 Å². The number of hydrazine groups is 1. The Morgan fingerprint density at radius 2 is 1.78 bits per heavy atom. The molecule has 2 amide bonds. The fourth-order valence-electron chi connectivity index (χ4n) is 4.05. The molecular weight excluding hydrogens is 481 g/mol. The Morgan fingerprint density at radius 1 is 1.06 bits per heavy atom. The zero-order valence-electron chi connectivity index (χ0n) is 19.6. The number of allylic oxidation sites excluding steroid dienone is 1. The van der Waals surface area contributed by atoms with Crippen molar-refractivity contribution >= 4 is 11.8 Å². The zero-order valence-corrected chi connectivity index (χ0v) is 19.6. The molecule has 2 aliphatic rings. The number of para-hydroxylation sites is 1. The summed E-state index contributed by atoms with van der Waals surface area (Å²) in [5.41, 5.74) is 4.06. The lowest BCUT2D eigenvalue weighted by atomic mass is 10.0. The number of halogens is 3. The number of nitrogens with one attached hydrogen (secondary N) is 2. The van der Waals surface area contributed by atoms with Gasteiger partial charge in [0.15, 0.2) is 11.5 Å². The van der Waals surface area contributed by atoms with E-state index in [1.165, 1.54) is 49.6 Å². The number of alkyl halides is 3. The van der Waals surface area contributed by atoms with E-state index in [1.807, 2.05) is 0 Å². The van der Waals surface area contributed by atoms with Crippen LogP contribution in [-0.4, -0.2) is 61.9 Å². The van der Waals surface area contributed by atoms with Crippen molar-refractivity contribution in [3.8, 4) is 17.2 Å². The highest BCUT2D eigenvalue weighted by Gasteiger charge is 2.38. The summed E-state index contributed by atoms with van der Waals surface area (Å²) in [5.74, 6) is -0.852. The average molecular weight is 504 g/mol. The van der Waals surface area contributed by atoms with Gasteiger partial charge < -0.3 is 29.4 Å². The highest BCUT2D eigenvalue weighted by Crippen LogP contribution is 2.32. The highest BCUT2D eigenvalue weighted by atomic mass is 19.4. The van der Waals surface area contributed by atoms with Gasteiger partial charge in [-0.2, -0.15) is 0 Å². The van der Waals surface area contributed by atoms with Crippen molar-refractivity contribution in [3.05, 3.63) is 77.3 Å². The Morgan fingerprint density at radius 3 is 2.47 bits per heavy atom. The van der Waals surface area contributed by atoms with Gasteiger partial charge in [0.2, 0.25) is 0 Å². The molecule has 4 rings (SSSR count). The predicted octanol–water partition coefficient (Wildman–Crippen LogP) is 3.03. The van der Waals surface area contributed by atoms with Gasteiger partial charge in [0.1, 0.15) is 5.75 Å². The lowest BCUT2D eigenvalue weighted by molar-refractivity contribution is -0.274. The molecule has 1 unspecified atom stereocenters. The van der Waals surface area contributed by atoms with Crippen LogP contribution in [0.5, 0.6) is 17.2 Å². The number of amides is 2. The van der Waals surface area contributed by atoms with Gasteiger partial charge in [-0.25, -0.2) is 5.43 Å². The molecular formula is C24H23F3N4O5. The maximum Gasteiger partial charge on any atom is 0.573 e. The molecule has 2 heterocycles. The van der Waals surface area contributed by atoms with Gasteiger partial charge in [0.05, 0.1) is 37.2 Å². The molecule has 0 radical (unpaired) electrons. The fourth-order valence-corrected chi connectivity index (χ4v) is 4.05. The van der Waals surface area contributed by atoms with Gasteiger partial charge in [-0.1, -0.05) is 12.1 Å². The molecule has 2 aromatic rings. The highest BCUT2D eigenvalue weighted by molar-refractivity contribution is 5.99. The van der Waals surface area contributed by atoms with E-state index in [0.29, 0.717) is 35.0 Å². The lowest BCUT2D eigenvalue weighted by Crippen LogP contribution is -2.42. The minimum atomic E-state index is -4.95. The SMILES string of the molecule is COc1ccc(C(=O)N2C=CC(NC(=O)c3ccccc3OC(F)(F)F)=C3C2CNN3C)cc1OC. The van der Waals surface area contributed by atoms with E-state index in [0.717, 1.165) is 6.07 Å². The Labute approximate surface area is 204 Å². The van der Waals surface area contributed by atoms with Crippen molar-refractivity contribution in [1.29, 1.82) is 0 Å². The van der Waals surface area contributed by atoms with Crippen molar-refractivity contribution < 1.29 is 37.0 Å². The van der Waals surface area contributed by atoms with E-state index in [-0.39, 0.29) is 11.5 Å². The number of hydrogen-bond acceptors (Lipinski definition) is 7. The lowest BCUT2D eigenvalue weighted by Gasteiger charge is -2.31. The van der Waals surface area contributed by atoms with E-state index in [4.69, 9.17) is 9.47 Å². The first-order valence-corrected chi connectivity index (χ1v) is 10.7. The van der Waals surface area contributed by atoms with Crippen LogP contribution in [0.1, 0.15) is 20.7 Å². The molecule has 36 heavy (non-hydrogen) atoms. The van der Waals surface area contributed by atoms with Crippen molar-refractivity contribution in [2.75, 3.05) is 27.8 Å². The summed E-state index contributed by atoms with van der Waals surface area (Å²) in [6, 6.07) is 9.38. The van der Waals surface area contributed by atoms with Crippen LogP contribution >= 0.6 is 0 Å². The topological polar surface area (TPSA) is 92.4 Å². The number of methoxy groups -OCH3 is 2. The van der Waals surface area contributed by atoms with Gasteiger partial charge in [-0.05, 0) is 36.4 Å². The molecule has 1 atom stereocenters. The van der Waals surface area contributed by atoms with Crippen LogP contribution in [0.4, 0.5) is 13.2 Å². The standard InChI is InChI=1S/C24H23F3N4O5/c1-30-21-16(29-22(32)15-6-4-5-7-18(15)36-24(25,26)27)10-11-31(17(21)13-28-30)23(33)14-8-9-19(34-2)20(12-14)35-3/h4-12,17,28H,13H2,1-3H3,(H,29,32). The summed E-state index contributed by atoms with van der Waals surface area (Å²) < 4.78 is 52.8. The zero-order chi connectivity index (χ0) is 26.0. The molecule has 190 valence electrons. The molecule has 0 spiro atoms. The largest absolute Gasteiger partial charge is 0.573 e. The number of nitrogens with zero attached hydrogens (tertiary/aromatic N) is 2. The Balaban J connectivity index is 1.60. The second kappa shape index (κ2) is 9.82. The molecule has 0 bridgehead atoms. The minimum Gasteiger partial charge on any atom is -0.493 e. The normalized spacial score (nSPS) is 17.1. The Kier molecular flexibility index (Phi) is 6.80.